The van der Waals surface area contributed by atoms with Gasteiger partial charge in [-0.3, -0.25) is 0 Å². The molecule has 4 rings (SSSR count). The minimum absolute atomic E-state index is 0.641. The van der Waals surface area contributed by atoms with Gasteiger partial charge in [0.25, 0.3) is 0 Å². The Bertz CT molecular complexity index is 1050. The molecule has 0 saturated carbocycles. The van der Waals surface area contributed by atoms with E-state index in [4.69, 9.17) is 0 Å². The number of tetrazole rings is 1. The number of rotatable bonds is 7. The lowest BCUT2D eigenvalue weighted by Crippen LogP contribution is -2.06. The van der Waals surface area contributed by atoms with Crippen LogP contribution in [0.3, 0.4) is 0 Å². The van der Waals surface area contributed by atoms with Gasteiger partial charge in [-0.2, -0.15) is 0 Å². The minimum atomic E-state index is 0.641. The summed E-state index contributed by atoms with van der Waals surface area (Å²) < 4.78 is 6.11. The number of unbranched alkanes of at least 4 members (excludes halogenated alkanes) is 1. The van der Waals surface area contributed by atoms with Crippen molar-refractivity contribution < 1.29 is 0 Å². The van der Waals surface area contributed by atoms with Crippen LogP contribution >= 0.6 is 31.9 Å². The van der Waals surface area contributed by atoms with Gasteiger partial charge in [-0.05, 0) is 78.5 Å². The summed E-state index contributed by atoms with van der Waals surface area (Å²) in [6.45, 7) is 2.96. The summed E-state index contributed by atoms with van der Waals surface area (Å²) in [6, 6.07) is 12.5. The summed E-state index contributed by atoms with van der Waals surface area (Å²) in [6.07, 6.45) is 5.24. The van der Waals surface area contributed by atoms with Crippen LogP contribution in [-0.4, -0.2) is 34.7 Å². The molecule has 1 N–H and O–H groups in total. The number of aromatic nitrogens is 7. The number of H-pyrrole nitrogens is 1. The molecule has 0 saturated heterocycles. The van der Waals surface area contributed by atoms with Gasteiger partial charge in [-0.1, -0.05) is 25.5 Å². The largest absolute Gasteiger partial charge is 0.317 e. The molecule has 0 aliphatic heterocycles. The first-order valence-corrected chi connectivity index (χ1v) is 10.7. The lowest BCUT2D eigenvalue weighted by molar-refractivity contribution is 0.670. The Hall–Kier alpha value is -2.26. The average molecular weight is 505 g/mol. The van der Waals surface area contributed by atoms with Gasteiger partial charge in [0, 0.05) is 24.8 Å². The van der Waals surface area contributed by atoms with Crippen molar-refractivity contribution in [2.45, 2.75) is 32.7 Å². The maximum Gasteiger partial charge on any atom is 0.196 e. The van der Waals surface area contributed by atoms with Crippen LogP contribution in [0.2, 0.25) is 0 Å². The standard InChI is InChI=1S/C19H19Br2N7/c1-2-3-6-16-22-17(20)18(21)28(16)12-13-7-9-14(10-8-13)27-11-4-5-15(27)19-23-25-26-24-19/h4-5,7-11H,2-3,6,12H2,1H3,(H,23,24,25,26). The van der Waals surface area contributed by atoms with Gasteiger partial charge >= 0.3 is 0 Å². The molecule has 4 aromatic rings. The molecule has 144 valence electrons. The van der Waals surface area contributed by atoms with Crippen LogP contribution in [0.5, 0.6) is 0 Å². The lowest BCUT2D eigenvalue weighted by atomic mass is 10.2. The van der Waals surface area contributed by atoms with E-state index in [1.165, 1.54) is 5.56 Å². The van der Waals surface area contributed by atoms with Crippen LogP contribution in [0.15, 0.2) is 51.8 Å². The monoisotopic (exact) mass is 503 g/mol. The molecule has 3 aromatic heterocycles. The molecule has 28 heavy (non-hydrogen) atoms. The second-order valence-electron chi connectivity index (χ2n) is 6.48. The summed E-state index contributed by atoms with van der Waals surface area (Å²) >= 11 is 7.19. The Kier molecular flexibility index (Phi) is 5.72. The number of benzene rings is 1. The average Bonchev–Trinajstić information content (AvgIpc) is 3.44. The van der Waals surface area contributed by atoms with Gasteiger partial charge < -0.3 is 9.13 Å². The molecule has 0 aliphatic rings. The van der Waals surface area contributed by atoms with Crippen LogP contribution in [0.1, 0.15) is 31.2 Å². The summed E-state index contributed by atoms with van der Waals surface area (Å²) in [5.41, 5.74) is 3.18. The second-order valence-corrected chi connectivity index (χ2v) is 7.98. The Morgan fingerprint density at radius 3 is 2.64 bits per heavy atom. The summed E-state index contributed by atoms with van der Waals surface area (Å²) in [5, 5.41) is 14.1. The van der Waals surface area contributed by atoms with Gasteiger partial charge in [0.1, 0.15) is 15.0 Å². The predicted octanol–water partition coefficient (Wildman–Crippen LogP) is 4.77. The Labute approximate surface area is 179 Å². The number of imidazole rings is 1. The first-order chi connectivity index (χ1) is 13.7. The fraction of sp³-hybridized carbons (Fsp3) is 0.263. The van der Waals surface area contributed by atoms with E-state index in [0.717, 1.165) is 52.2 Å². The molecule has 0 spiro atoms. The maximum absolute atomic E-state index is 4.65. The molecule has 7 nitrogen and oxygen atoms in total. The summed E-state index contributed by atoms with van der Waals surface area (Å²) in [4.78, 5) is 4.65. The van der Waals surface area contributed by atoms with E-state index < -0.39 is 0 Å². The normalized spacial score (nSPS) is 11.2. The van der Waals surface area contributed by atoms with E-state index in [1.54, 1.807) is 0 Å². The zero-order valence-corrected chi connectivity index (χ0v) is 18.5. The van der Waals surface area contributed by atoms with Crippen LogP contribution in [0.25, 0.3) is 17.2 Å². The van der Waals surface area contributed by atoms with Crippen molar-refractivity contribution in [3.05, 3.63) is 63.2 Å². The van der Waals surface area contributed by atoms with Gasteiger partial charge in [-0.15, -0.1) is 5.10 Å². The van der Waals surface area contributed by atoms with Gasteiger partial charge in [0.15, 0.2) is 5.82 Å². The SMILES string of the molecule is CCCCc1nc(Br)c(Br)n1Cc1ccc(-n2cccc2-c2nnn[nH]2)cc1. The van der Waals surface area contributed by atoms with E-state index in [1.807, 2.05) is 18.3 Å². The van der Waals surface area contributed by atoms with E-state index in [9.17, 15) is 0 Å². The van der Waals surface area contributed by atoms with E-state index in [2.05, 4.69) is 97.8 Å². The van der Waals surface area contributed by atoms with Crippen molar-refractivity contribution in [1.82, 2.24) is 34.7 Å². The van der Waals surface area contributed by atoms with Crippen LogP contribution in [0, 0.1) is 0 Å². The summed E-state index contributed by atoms with van der Waals surface area (Å²) in [5.74, 6) is 1.73. The zero-order chi connectivity index (χ0) is 19.5. The molecule has 9 heteroatoms. The third kappa shape index (κ3) is 3.81. The Morgan fingerprint density at radius 2 is 1.93 bits per heavy atom. The molecule has 3 heterocycles. The number of hydrogen-bond donors (Lipinski definition) is 1. The van der Waals surface area contributed by atoms with Crippen molar-refractivity contribution in [1.29, 1.82) is 0 Å². The van der Waals surface area contributed by atoms with Crippen molar-refractivity contribution in [3.8, 4) is 17.2 Å². The number of nitrogens with zero attached hydrogens (tertiary/aromatic N) is 6. The van der Waals surface area contributed by atoms with Crippen LogP contribution in [0.4, 0.5) is 0 Å². The third-order valence-electron chi connectivity index (χ3n) is 4.59. The third-order valence-corrected chi connectivity index (χ3v) is 6.48. The van der Waals surface area contributed by atoms with E-state index in [0.29, 0.717) is 5.82 Å². The molecule has 0 bridgehead atoms. The van der Waals surface area contributed by atoms with Crippen molar-refractivity contribution in [2.24, 2.45) is 0 Å². The summed E-state index contributed by atoms with van der Waals surface area (Å²) in [7, 11) is 0. The van der Waals surface area contributed by atoms with E-state index >= 15 is 0 Å². The first kappa shape index (κ1) is 19.1. The number of nitrogens with one attached hydrogen (secondary N) is 1. The predicted molar refractivity (Wildman–Crippen MR) is 114 cm³/mol. The van der Waals surface area contributed by atoms with Crippen molar-refractivity contribution >= 4 is 31.9 Å². The fourth-order valence-electron chi connectivity index (χ4n) is 3.14. The highest BCUT2D eigenvalue weighted by Crippen LogP contribution is 2.26. The van der Waals surface area contributed by atoms with E-state index in [-0.39, 0.29) is 0 Å². The fourth-order valence-corrected chi connectivity index (χ4v) is 3.98. The highest BCUT2D eigenvalue weighted by molar-refractivity contribution is 9.13. The van der Waals surface area contributed by atoms with Gasteiger partial charge in [0.2, 0.25) is 0 Å². The van der Waals surface area contributed by atoms with Gasteiger partial charge in [0.05, 0.1) is 5.69 Å². The van der Waals surface area contributed by atoms with Crippen LogP contribution < -0.4 is 0 Å². The second kappa shape index (κ2) is 8.40. The molecule has 0 amide bonds. The topological polar surface area (TPSA) is 77.2 Å². The molecule has 0 atom stereocenters. The van der Waals surface area contributed by atoms with Crippen molar-refractivity contribution in [2.75, 3.05) is 0 Å². The number of halogens is 2. The molecule has 0 radical (unpaired) electrons. The number of aryl methyl sites for hydroxylation is 1. The number of hydrogen-bond acceptors (Lipinski definition) is 4. The molecule has 0 fully saturated rings. The molecule has 0 aliphatic carbocycles. The Morgan fingerprint density at radius 1 is 1.11 bits per heavy atom. The Balaban J connectivity index is 1.58. The quantitative estimate of drug-likeness (QED) is 0.393. The maximum atomic E-state index is 4.65. The molecule has 1 aromatic carbocycles. The number of aromatic amines is 1. The highest BCUT2D eigenvalue weighted by Gasteiger charge is 2.14. The molecular weight excluding hydrogens is 486 g/mol. The minimum Gasteiger partial charge on any atom is -0.317 e. The van der Waals surface area contributed by atoms with Gasteiger partial charge in [-0.25, -0.2) is 10.1 Å². The zero-order valence-electron chi connectivity index (χ0n) is 15.3. The molecule has 0 unspecified atom stereocenters. The first-order valence-electron chi connectivity index (χ1n) is 9.08. The van der Waals surface area contributed by atoms with Crippen molar-refractivity contribution in [3.63, 3.8) is 0 Å². The molecular formula is C19H19Br2N7. The smallest absolute Gasteiger partial charge is 0.196 e. The lowest BCUT2D eigenvalue weighted by Gasteiger charge is -2.11. The van der Waals surface area contributed by atoms with Crippen LogP contribution in [-0.2, 0) is 13.0 Å². The highest BCUT2D eigenvalue weighted by atomic mass is 79.9.